The normalized spacial score (nSPS) is 19.1. The first-order valence-corrected chi connectivity index (χ1v) is 8.08. The molecule has 0 unspecified atom stereocenters. The number of hydroxylamine groups is 1. The third-order valence-corrected chi connectivity index (χ3v) is 4.08. The number of nitrogens with zero attached hydrogens (tertiary/aromatic N) is 1. The number of hydrogen-bond acceptors (Lipinski definition) is 3. The minimum atomic E-state index is -0.266. The van der Waals surface area contributed by atoms with E-state index < -0.39 is 0 Å². The van der Waals surface area contributed by atoms with Crippen molar-refractivity contribution in [2.75, 3.05) is 19.6 Å². The van der Waals surface area contributed by atoms with Crippen LogP contribution in [-0.2, 0) is 11.4 Å². The Kier molecular flexibility index (Phi) is 6.68. The van der Waals surface area contributed by atoms with Gasteiger partial charge in [-0.1, -0.05) is 30.3 Å². The fourth-order valence-electron chi connectivity index (χ4n) is 2.77. The van der Waals surface area contributed by atoms with E-state index in [1.807, 2.05) is 30.3 Å². The van der Waals surface area contributed by atoms with Gasteiger partial charge in [0.25, 0.3) is 0 Å². The van der Waals surface area contributed by atoms with E-state index in [1.54, 1.807) is 0 Å². The van der Waals surface area contributed by atoms with Crippen molar-refractivity contribution in [3.8, 4) is 0 Å². The van der Waals surface area contributed by atoms with Crippen LogP contribution in [0.1, 0.15) is 32.3 Å². The fourth-order valence-corrected chi connectivity index (χ4v) is 2.77. The second kappa shape index (κ2) is 8.76. The quantitative estimate of drug-likeness (QED) is 0.794. The smallest absolute Gasteiger partial charge is 0.336 e. The monoisotopic (exact) mass is 305 g/mol. The number of nitrogens with one attached hydrogen (secondary N) is 2. The molecule has 0 radical (unpaired) electrons. The van der Waals surface area contributed by atoms with Gasteiger partial charge in [0.1, 0.15) is 0 Å². The van der Waals surface area contributed by atoms with Gasteiger partial charge < -0.3 is 10.2 Å². The van der Waals surface area contributed by atoms with Crippen LogP contribution in [0.15, 0.2) is 30.3 Å². The number of amides is 2. The van der Waals surface area contributed by atoms with E-state index in [-0.39, 0.29) is 6.03 Å². The summed E-state index contributed by atoms with van der Waals surface area (Å²) in [6.45, 7) is 7.74. The minimum Gasteiger partial charge on any atom is -0.336 e. The number of likely N-dealkylation sites (tertiary alicyclic amines) is 1. The molecule has 0 saturated carbocycles. The molecule has 1 atom stereocenters. The molecule has 1 aromatic carbocycles. The van der Waals surface area contributed by atoms with Crippen molar-refractivity contribution in [2.45, 2.75) is 39.3 Å². The third kappa shape index (κ3) is 5.66. The molecule has 2 N–H and O–H groups in total. The van der Waals surface area contributed by atoms with Crippen molar-refractivity contribution < 1.29 is 9.63 Å². The minimum absolute atomic E-state index is 0.266. The fraction of sp³-hybridized carbons (Fsp3) is 0.588. The molecule has 0 aromatic heterocycles. The summed E-state index contributed by atoms with van der Waals surface area (Å²) in [5, 5.41) is 2.90. The van der Waals surface area contributed by atoms with Crippen LogP contribution >= 0.6 is 0 Å². The lowest BCUT2D eigenvalue weighted by Crippen LogP contribution is -2.45. The Bertz CT molecular complexity index is 450. The van der Waals surface area contributed by atoms with Crippen LogP contribution in [0.25, 0.3) is 0 Å². The van der Waals surface area contributed by atoms with Gasteiger partial charge in [-0.3, -0.25) is 4.84 Å². The van der Waals surface area contributed by atoms with Gasteiger partial charge in [-0.2, -0.15) is 0 Å². The molecule has 5 heteroatoms. The Morgan fingerprint density at radius 2 is 2.14 bits per heavy atom. The Labute approximate surface area is 133 Å². The van der Waals surface area contributed by atoms with E-state index in [0.29, 0.717) is 25.1 Å². The SMILES string of the molecule is CC(C)N1CCC[C@@H](CNC(=O)NOCc2ccccc2)C1. The molecule has 122 valence electrons. The highest BCUT2D eigenvalue weighted by molar-refractivity contribution is 5.72. The lowest BCUT2D eigenvalue weighted by atomic mass is 9.97. The summed E-state index contributed by atoms with van der Waals surface area (Å²) < 4.78 is 0. The summed E-state index contributed by atoms with van der Waals surface area (Å²) in [5.74, 6) is 0.524. The summed E-state index contributed by atoms with van der Waals surface area (Å²) in [4.78, 5) is 19.4. The first-order valence-electron chi connectivity index (χ1n) is 8.08. The summed E-state index contributed by atoms with van der Waals surface area (Å²) in [7, 11) is 0. The lowest BCUT2D eigenvalue weighted by Gasteiger charge is -2.35. The van der Waals surface area contributed by atoms with Crippen molar-refractivity contribution >= 4 is 6.03 Å². The highest BCUT2D eigenvalue weighted by Crippen LogP contribution is 2.17. The molecular weight excluding hydrogens is 278 g/mol. The number of urea groups is 1. The molecule has 0 bridgehead atoms. The molecule has 2 rings (SSSR count). The van der Waals surface area contributed by atoms with Crippen LogP contribution in [0.5, 0.6) is 0 Å². The molecule has 1 aliphatic rings. The number of benzene rings is 1. The van der Waals surface area contributed by atoms with Gasteiger partial charge in [0.05, 0.1) is 6.61 Å². The van der Waals surface area contributed by atoms with Crippen LogP contribution < -0.4 is 10.8 Å². The molecule has 1 aromatic rings. The summed E-state index contributed by atoms with van der Waals surface area (Å²) >= 11 is 0. The second-order valence-corrected chi connectivity index (χ2v) is 6.18. The predicted octanol–water partition coefficient (Wildman–Crippen LogP) is 2.54. The lowest BCUT2D eigenvalue weighted by molar-refractivity contribution is 0.0481. The maximum Gasteiger partial charge on any atom is 0.338 e. The van der Waals surface area contributed by atoms with Crippen molar-refractivity contribution in [2.24, 2.45) is 5.92 Å². The van der Waals surface area contributed by atoms with E-state index in [2.05, 4.69) is 29.5 Å². The van der Waals surface area contributed by atoms with Crippen molar-refractivity contribution in [1.82, 2.24) is 15.7 Å². The standard InChI is InChI=1S/C17H27N3O2/c1-14(2)20-10-6-9-16(12-20)11-18-17(21)19-22-13-15-7-4-3-5-8-15/h3-5,7-8,14,16H,6,9-13H2,1-2H3,(H2,18,19,21)/t16-/m0/s1. The zero-order chi connectivity index (χ0) is 15.8. The van der Waals surface area contributed by atoms with Gasteiger partial charge in [0.2, 0.25) is 0 Å². The maximum absolute atomic E-state index is 11.7. The van der Waals surface area contributed by atoms with Gasteiger partial charge >= 0.3 is 6.03 Å². The van der Waals surface area contributed by atoms with Crippen LogP contribution in [0.4, 0.5) is 4.79 Å². The van der Waals surface area contributed by atoms with Gasteiger partial charge in [-0.15, -0.1) is 0 Å². The average molecular weight is 305 g/mol. The Morgan fingerprint density at radius 3 is 2.86 bits per heavy atom. The first kappa shape index (κ1) is 16.8. The molecule has 0 spiro atoms. The van der Waals surface area contributed by atoms with Crippen molar-refractivity contribution in [3.05, 3.63) is 35.9 Å². The van der Waals surface area contributed by atoms with Crippen LogP contribution in [0.3, 0.4) is 0 Å². The van der Waals surface area contributed by atoms with Crippen molar-refractivity contribution in [1.29, 1.82) is 0 Å². The van der Waals surface area contributed by atoms with Crippen LogP contribution in [0, 0.1) is 5.92 Å². The van der Waals surface area contributed by atoms with E-state index in [9.17, 15) is 4.79 Å². The van der Waals surface area contributed by atoms with Crippen molar-refractivity contribution in [3.63, 3.8) is 0 Å². The van der Waals surface area contributed by atoms with Gasteiger partial charge in [0.15, 0.2) is 0 Å². The Morgan fingerprint density at radius 1 is 1.36 bits per heavy atom. The van der Waals surface area contributed by atoms with Crippen LogP contribution in [0.2, 0.25) is 0 Å². The third-order valence-electron chi connectivity index (χ3n) is 4.08. The van der Waals surface area contributed by atoms with Crippen LogP contribution in [-0.4, -0.2) is 36.6 Å². The van der Waals surface area contributed by atoms with Gasteiger partial charge in [-0.25, -0.2) is 10.3 Å². The molecule has 0 aliphatic carbocycles. The molecule has 22 heavy (non-hydrogen) atoms. The second-order valence-electron chi connectivity index (χ2n) is 6.18. The molecule has 1 fully saturated rings. The number of hydrogen-bond donors (Lipinski definition) is 2. The first-order chi connectivity index (χ1) is 10.6. The molecule has 1 heterocycles. The number of rotatable bonds is 6. The number of piperidine rings is 1. The summed E-state index contributed by atoms with van der Waals surface area (Å²) in [6.07, 6.45) is 2.38. The van der Waals surface area contributed by atoms with E-state index >= 15 is 0 Å². The molecule has 2 amide bonds. The topological polar surface area (TPSA) is 53.6 Å². The van der Waals surface area contributed by atoms with E-state index in [1.165, 1.54) is 19.4 Å². The van der Waals surface area contributed by atoms with E-state index in [0.717, 1.165) is 12.1 Å². The highest BCUT2D eigenvalue weighted by atomic mass is 16.7. The summed E-state index contributed by atoms with van der Waals surface area (Å²) in [6, 6.07) is 10.1. The zero-order valence-corrected chi connectivity index (χ0v) is 13.5. The Hall–Kier alpha value is -1.59. The number of carbonyl (C=O) groups is 1. The molecule has 1 saturated heterocycles. The Balaban J connectivity index is 1.61. The average Bonchev–Trinajstić information content (AvgIpc) is 2.54. The maximum atomic E-state index is 11.7. The predicted molar refractivity (Wildman–Crippen MR) is 87.2 cm³/mol. The molecule has 5 nitrogen and oxygen atoms in total. The van der Waals surface area contributed by atoms with Gasteiger partial charge in [-0.05, 0) is 44.7 Å². The molecule has 1 aliphatic heterocycles. The largest absolute Gasteiger partial charge is 0.338 e. The number of carbonyl (C=O) groups excluding carboxylic acids is 1. The molecular formula is C17H27N3O2. The van der Waals surface area contributed by atoms with E-state index in [4.69, 9.17) is 4.84 Å². The highest BCUT2D eigenvalue weighted by Gasteiger charge is 2.21. The van der Waals surface area contributed by atoms with Gasteiger partial charge in [0, 0.05) is 19.1 Å². The zero-order valence-electron chi connectivity index (χ0n) is 13.5. The summed E-state index contributed by atoms with van der Waals surface area (Å²) in [5.41, 5.74) is 3.47.